The predicted octanol–water partition coefficient (Wildman–Crippen LogP) is 1.56. The van der Waals surface area contributed by atoms with Gasteiger partial charge in [0.05, 0.1) is 6.61 Å². The zero-order chi connectivity index (χ0) is 11.3. The van der Waals surface area contributed by atoms with Crippen LogP contribution in [-0.4, -0.2) is 24.2 Å². The SMILES string of the molecule is CC(C)C1CCC(C(=O)NCCO)CC1. The lowest BCUT2D eigenvalue weighted by Gasteiger charge is -2.30. The van der Waals surface area contributed by atoms with Crippen molar-refractivity contribution < 1.29 is 9.90 Å². The number of aliphatic hydroxyl groups is 1. The first-order valence-corrected chi connectivity index (χ1v) is 6.03. The summed E-state index contributed by atoms with van der Waals surface area (Å²) in [6, 6.07) is 0. The fraction of sp³-hybridized carbons (Fsp3) is 0.917. The van der Waals surface area contributed by atoms with Crippen LogP contribution in [0.2, 0.25) is 0 Å². The lowest BCUT2D eigenvalue weighted by molar-refractivity contribution is -0.126. The zero-order valence-corrected chi connectivity index (χ0v) is 9.83. The molecule has 0 radical (unpaired) electrons. The second kappa shape index (κ2) is 6.11. The minimum Gasteiger partial charge on any atom is -0.395 e. The van der Waals surface area contributed by atoms with Crippen molar-refractivity contribution in [3.63, 3.8) is 0 Å². The number of rotatable bonds is 4. The lowest BCUT2D eigenvalue weighted by atomic mass is 9.77. The zero-order valence-electron chi connectivity index (χ0n) is 9.83. The highest BCUT2D eigenvalue weighted by Gasteiger charge is 2.27. The second-order valence-electron chi connectivity index (χ2n) is 4.87. The van der Waals surface area contributed by atoms with Gasteiger partial charge in [0.15, 0.2) is 0 Å². The van der Waals surface area contributed by atoms with E-state index >= 15 is 0 Å². The summed E-state index contributed by atoms with van der Waals surface area (Å²) in [5.41, 5.74) is 0. The van der Waals surface area contributed by atoms with E-state index in [0.29, 0.717) is 6.54 Å². The third-order valence-electron chi connectivity index (χ3n) is 3.50. The van der Waals surface area contributed by atoms with Gasteiger partial charge in [-0.05, 0) is 37.5 Å². The van der Waals surface area contributed by atoms with Crippen LogP contribution in [0.3, 0.4) is 0 Å². The molecule has 0 heterocycles. The molecule has 0 aromatic heterocycles. The van der Waals surface area contributed by atoms with Crippen LogP contribution in [0.25, 0.3) is 0 Å². The molecule has 88 valence electrons. The van der Waals surface area contributed by atoms with Gasteiger partial charge in [0, 0.05) is 12.5 Å². The Morgan fingerprint density at radius 2 is 1.93 bits per heavy atom. The van der Waals surface area contributed by atoms with Crippen LogP contribution in [0.4, 0.5) is 0 Å². The number of carbonyl (C=O) groups excluding carboxylic acids is 1. The van der Waals surface area contributed by atoms with Crippen LogP contribution in [-0.2, 0) is 4.79 Å². The van der Waals surface area contributed by atoms with E-state index in [9.17, 15) is 4.79 Å². The fourth-order valence-corrected chi connectivity index (χ4v) is 2.37. The van der Waals surface area contributed by atoms with Gasteiger partial charge in [-0.1, -0.05) is 13.8 Å². The summed E-state index contributed by atoms with van der Waals surface area (Å²) in [7, 11) is 0. The molecule has 1 fully saturated rings. The molecule has 1 saturated carbocycles. The van der Waals surface area contributed by atoms with Crippen LogP contribution in [0.5, 0.6) is 0 Å². The normalized spacial score (nSPS) is 26.7. The first-order chi connectivity index (χ1) is 7.15. The predicted molar refractivity (Wildman–Crippen MR) is 60.4 cm³/mol. The van der Waals surface area contributed by atoms with Gasteiger partial charge in [-0.15, -0.1) is 0 Å². The molecule has 0 aliphatic heterocycles. The molecule has 1 rings (SSSR count). The van der Waals surface area contributed by atoms with Crippen LogP contribution in [0, 0.1) is 17.8 Å². The van der Waals surface area contributed by atoms with Gasteiger partial charge in [0.25, 0.3) is 0 Å². The van der Waals surface area contributed by atoms with E-state index in [0.717, 1.165) is 24.7 Å². The lowest BCUT2D eigenvalue weighted by Crippen LogP contribution is -2.35. The Hall–Kier alpha value is -0.570. The van der Waals surface area contributed by atoms with Crippen LogP contribution >= 0.6 is 0 Å². The molecule has 0 atom stereocenters. The summed E-state index contributed by atoms with van der Waals surface area (Å²) in [4.78, 5) is 11.6. The van der Waals surface area contributed by atoms with Crippen LogP contribution < -0.4 is 5.32 Å². The number of hydrogen-bond donors (Lipinski definition) is 2. The maximum atomic E-state index is 11.6. The maximum absolute atomic E-state index is 11.6. The van der Waals surface area contributed by atoms with Crippen molar-refractivity contribution in [1.29, 1.82) is 0 Å². The molecule has 0 spiro atoms. The molecule has 0 aromatic rings. The fourth-order valence-electron chi connectivity index (χ4n) is 2.37. The van der Waals surface area contributed by atoms with Crippen LogP contribution in [0.15, 0.2) is 0 Å². The average Bonchev–Trinajstić information content (AvgIpc) is 2.26. The number of nitrogens with one attached hydrogen (secondary N) is 1. The second-order valence-corrected chi connectivity index (χ2v) is 4.87. The Balaban J connectivity index is 2.27. The monoisotopic (exact) mass is 213 g/mol. The molecule has 0 bridgehead atoms. The quantitative estimate of drug-likeness (QED) is 0.744. The molecular formula is C12H23NO2. The first kappa shape index (κ1) is 12.5. The molecule has 15 heavy (non-hydrogen) atoms. The van der Waals surface area contributed by atoms with E-state index in [1.54, 1.807) is 0 Å². The number of carbonyl (C=O) groups is 1. The molecular weight excluding hydrogens is 190 g/mol. The Morgan fingerprint density at radius 3 is 2.40 bits per heavy atom. The number of aliphatic hydroxyl groups excluding tert-OH is 1. The Labute approximate surface area is 92.3 Å². The smallest absolute Gasteiger partial charge is 0.223 e. The summed E-state index contributed by atoms with van der Waals surface area (Å²) in [5, 5.41) is 11.4. The van der Waals surface area contributed by atoms with E-state index in [1.165, 1.54) is 12.8 Å². The van der Waals surface area contributed by atoms with Gasteiger partial charge in [-0.3, -0.25) is 4.79 Å². The number of hydrogen-bond acceptors (Lipinski definition) is 2. The molecule has 0 aromatic carbocycles. The van der Waals surface area contributed by atoms with Gasteiger partial charge in [0.2, 0.25) is 5.91 Å². The highest BCUT2D eigenvalue weighted by Crippen LogP contribution is 2.33. The Kier molecular flexibility index (Phi) is 5.09. The Bertz CT molecular complexity index is 196. The van der Waals surface area contributed by atoms with Crippen LogP contribution in [0.1, 0.15) is 39.5 Å². The minimum atomic E-state index is 0.0348. The maximum Gasteiger partial charge on any atom is 0.223 e. The molecule has 1 amide bonds. The largest absolute Gasteiger partial charge is 0.395 e. The molecule has 0 unspecified atom stereocenters. The molecule has 1 aliphatic carbocycles. The van der Waals surface area contributed by atoms with E-state index in [2.05, 4.69) is 19.2 Å². The molecule has 1 aliphatic rings. The summed E-state index contributed by atoms with van der Waals surface area (Å²) >= 11 is 0. The van der Waals surface area contributed by atoms with Crippen molar-refractivity contribution in [1.82, 2.24) is 5.32 Å². The van der Waals surface area contributed by atoms with Crippen molar-refractivity contribution in [3.8, 4) is 0 Å². The van der Waals surface area contributed by atoms with Crippen molar-refractivity contribution in [3.05, 3.63) is 0 Å². The summed E-state index contributed by atoms with van der Waals surface area (Å²) in [5.74, 6) is 1.86. The van der Waals surface area contributed by atoms with Crippen molar-refractivity contribution >= 4 is 5.91 Å². The van der Waals surface area contributed by atoms with Crippen molar-refractivity contribution in [2.24, 2.45) is 17.8 Å². The van der Waals surface area contributed by atoms with Crippen molar-refractivity contribution in [2.75, 3.05) is 13.2 Å². The molecule has 3 nitrogen and oxygen atoms in total. The minimum absolute atomic E-state index is 0.0348. The third-order valence-corrected chi connectivity index (χ3v) is 3.50. The third kappa shape index (κ3) is 3.82. The topological polar surface area (TPSA) is 49.3 Å². The van der Waals surface area contributed by atoms with Crippen molar-refractivity contribution in [2.45, 2.75) is 39.5 Å². The van der Waals surface area contributed by atoms with Gasteiger partial charge < -0.3 is 10.4 Å². The number of amides is 1. The Morgan fingerprint density at radius 1 is 1.33 bits per heavy atom. The molecule has 2 N–H and O–H groups in total. The van der Waals surface area contributed by atoms with Gasteiger partial charge >= 0.3 is 0 Å². The van der Waals surface area contributed by atoms with E-state index in [1.807, 2.05) is 0 Å². The summed E-state index contributed by atoms with van der Waals surface area (Å²) in [6.45, 7) is 4.95. The molecule has 0 saturated heterocycles. The summed E-state index contributed by atoms with van der Waals surface area (Å²) in [6.07, 6.45) is 4.38. The standard InChI is InChI=1S/C12H23NO2/c1-9(2)10-3-5-11(6-4-10)12(15)13-7-8-14/h9-11,14H,3-8H2,1-2H3,(H,13,15). The van der Waals surface area contributed by atoms with Gasteiger partial charge in [-0.25, -0.2) is 0 Å². The highest BCUT2D eigenvalue weighted by atomic mass is 16.3. The van der Waals surface area contributed by atoms with E-state index < -0.39 is 0 Å². The average molecular weight is 213 g/mol. The highest BCUT2D eigenvalue weighted by molar-refractivity contribution is 5.78. The molecule has 3 heteroatoms. The first-order valence-electron chi connectivity index (χ1n) is 6.03. The van der Waals surface area contributed by atoms with E-state index in [4.69, 9.17) is 5.11 Å². The summed E-state index contributed by atoms with van der Waals surface area (Å²) < 4.78 is 0. The van der Waals surface area contributed by atoms with Gasteiger partial charge in [-0.2, -0.15) is 0 Å². The van der Waals surface area contributed by atoms with Gasteiger partial charge in [0.1, 0.15) is 0 Å². The van der Waals surface area contributed by atoms with E-state index in [-0.39, 0.29) is 18.4 Å².